The van der Waals surface area contributed by atoms with Crippen LogP contribution in [0.15, 0.2) is 29.2 Å². The highest BCUT2D eigenvalue weighted by atomic mass is 32.2. The number of aliphatic hydroxyl groups excluding tert-OH is 1. The number of hydrogen-bond acceptors (Lipinski definition) is 5. The van der Waals surface area contributed by atoms with Gasteiger partial charge in [0.1, 0.15) is 0 Å². The number of carbonyl (C=O) groups excluding carboxylic acids is 1. The fraction of sp³-hybridized carbons (Fsp3) is 0.500. The molecule has 0 radical (unpaired) electrons. The Morgan fingerprint density at radius 2 is 2.08 bits per heavy atom. The Morgan fingerprint density at radius 1 is 1.31 bits per heavy atom. The van der Waals surface area contributed by atoms with Gasteiger partial charge in [0.2, 0.25) is 0 Å². The molecule has 1 aromatic carbocycles. The molecule has 138 valence electrons. The lowest BCUT2D eigenvalue weighted by atomic mass is 9.86. The van der Waals surface area contributed by atoms with Gasteiger partial charge in [-0.05, 0) is 44.6 Å². The van der Waals surface area contributed by atoms with Crippen molar-refractivity contribution >= 4 is 17.7 Å². The van der Waals surface area contributed by atoms with Gasteiger partial charge in [-0.1, -0.05) is 18.2 Å². The van der Waals surface area contributed by atoms with E-state index in [0.717, 1.165) is 48.3 Å². The van der Waals surface area contributed by atoms with Gasteiger partial charge in [-0.25, -0.2) is 4.79 Å². The summed E-state index contributed by atoms with van der Waals surface area (Å²) in [6.07, 6.45) is 3.97. The highest BCUT2D eigenvalue weighted by Crippen LogP contribution is 2.45. The molecule has 0 unspecified atom stereocenters. The number of rotatable bonds is 4. The molecular formula is C20H24N2O3S. The van der Waals surface area contributed by atoms with Gasteiger partial charge < -0.3 is 9.84 Å². The van der Waals surface area contributed by atoms with Gasteiger partial charge in [0.05, 0.1) is 18.3 Å². The standard InChI is InChI=1S/C20H24N2O3S/c1-2-25-20(24)18-16-12-26-17-6-4-3-5-15(17)19(16)22(21-18)14-9-7-13(11-23)8-10-14/h3-6,13-14,23H,2,7-12H2,1H3. The Bertz CT molecular complexity index is 809. The Kier molecular flexibility index (Phi) is 5.05. The van der Waals surface area contributed by atoms with Crippen LogP contribution in [0, 0.1) is 5.92 Å². The molecule has 0 atom stereocenters. The van der Waals surface area contributed by atoms with Gasteiger partial charge in [-0.15, -0.1) is 11.8 Å². The number of fused-ring (bicyclic) bond motifs is 3. The maximum Gasteiger partial charge on any atom is 0.359 e. The summed E-state index contributed by atoms with van der Waals surface area (Å²) >= 11 is 1.75. The summed E-state index contributed by atoms with van der Waals surface area (Å²) < 4.78 is 7.34. The SMILES string of the molecule is CCOC(=O)c1nn(C2CCC(CO)CC2)c2c1CSc1ccccc1-2. The molecule has 0 saturated heterocycles. The summed E-state index contributed by atoms with van der Waals surface area (Å²) in [7, 11) is 0. The summed E-state index contributed by atoms with van der Waals surface area (Å²) in [5, 5.41) is 14.2. The van der Waals surface area contributed by atoms with E-state index in [9.17, 15) is 9.90 Å². The molecule has 2 aliphatic rings. The van der Waals surface area contributed by atoms with Crippen molar-refractivity contribution in [2.45, 2.75) is 49.3 Å². The third-order valence-electron chi connectivity index (χ3n) is 5.41. The molecule has 26 heavy (non-hydrogen) atoms. The highest BCUT2D eigenvalue weighted by Gasteiger charge is 2.33. The minimum Gasteiger partial charge on any atom is -0.461 e. The van der Waals surface area contributed by atoms with Crippen LogP contribution in [0.5, 0.6) is 0 Å². The summed E-state index contributed by atoms with van der Waals surface area (Å²) in [5.74, 6) is 0.809. The fourth-order valence-electron chi connectivity index (χ4n) is 4.03. The molecule has 0 bridgehead atoms. The van der Waals surface area contributed by atoms with Crippen LogP contribution in [0.3, 0.4) is 0 Å². The first-order chi connectivity index (χ1) is 12.7. The van der Waals surface area contributed by atoms with Crippen LogP contribution in [-0.2, 0) is 10.5 Å². The fourth-order valence-corrected chi connectivity index (χ4v) is 5.10. The second kappa shape index (κ2) is 7.45. The van der Waals surface area contributed by atoms with Gasteiger partial charge >= 0.3 is 5.97 Å². The highest BCUT2D eigenvalue weighted by molar-refractivity contribution is 7.98. The van der Waals surface area contributed by atoms with E-state index >= 15 is 0 Å². The number of thioether (sulfide) groups is 1. The number of benzene rings is 1. The van der Waals surface area contributed by atoms with E-state index in [-0.39, 0.29) is 18.6 Å². The molecular weight excluding hydrogens is 348 g/mol. The summed E-state index contributed by atoms with van der Waals surface area (Å²) in [5.41, 5.74) is 3.70. The van der Waals surface area contributed by atoms with Gasteiger partial charge in [-0.3, -0.25) is 4.68 Å². The molecule has 1 N–H and O–H groups in total. The lowest BCUT2D eigenvalue weighted by Gasteiger charge is -2.29. The van der Waals surface area contributed by atoms with Crippen molar-refractivity contribution < 1.29 is 14.6 Å². The molecule has 1 aliphatic heterocycles. The van der Waals surface area contributed by atoms with Crippen molar-refractivity contribution in [3.05, 3.63) is 35.5 Å². The van der Waals surface area contributed by atoms with Crippen LogP contribution in [0.4, 0.5) is 0 Å². The minimum atomic E-state index is -0.327. The van der Waals surface area contributed by atoms with E-state index < -0.39 is 0 Å². The maximum absolute atomic E-state index is 12.5. The second-order valence-corrected chi connectivity index (χ2v) is 8.00. The number of esters is 1. The summed E-state index contributed by atoms with van der Waals surface area (Å²) in [6, 6.07) is 8.61. The number of ether oxygens (including phenoxy) is 1. The molecule has 0 amide bonds. The van der Waals surface area contributed by atoms with Gasteiger partial charge in [0, 0.05) is 28.4 Å². The van der Waals surface area contributed by atoms with Gasteiger partial charge in [0.15, 0.2) is 5.69 Å². The molecule has 2 aromatic rings. The third-order valence-corrected chi connectivity index (χ3v) is 6.51. The first kappa shape index (κ1) is 17.6. The van der Waals surface area contributed by atoms with Crippen LogP contribution >= 0.6 is 11.8 Å². The van der Waals surface area contributed by atoms with E-state index in [4.69, 9.17) is 9.84 Å². The molecule has 1 saturated carbocycles. The van der Waals surface area contributed by atoms with E-state index in [0.29, 0.717) is 18.2 Å². The molecule has 6 heteroatoms. The largest absolute Gasteiger partial charge is 0.461 e. The minimum absolute atomic E-state index is 0.261. The predicted octanol–water partition coefficient (Wildman–Crippen LogP) is 4.06. The number of aliphatic hydroxyl groups is 1. The lowest BCUT2D eigenvalue weighted by Crippen LogP contribution is -2.22. The van der Waals surface area contributed by atoms with Crippen molar-refractivity contribution in [3.63, 3.8) is 0 Å². The number of carbonyl (C=O) groups is 1. The Hall–Kier alpha value is -1.79. The van der Waals surface area contributed by atoms with Crippen LogP contribution in [0.2, 0.25) is 0 Å². The van der Waals surface area contributed by atoms with E-state index in [1.54, 1.807) is 11.8 Å². The predicted molar refractivity (Wildman–Crippen MR) is 101 cm³/mol. The quantitative estimate of drug-likeness (QED) is 0.820. The zero-order chi connectivity index (χ0) is 18.1. The Balaban J connectivity index is 1.78. The average molecular weight is 372 g/mol. The normalized spacial score (nSPS) is 21.8. The second-order valence-electron chi connectivity index (χ2n) is 6.98. The molecule has 5 nitrogen and oxygen atoms in total. The monoisotopic (exact) mass is 372 g/mol. The first-order valence-corrected chi connectivity index (χ1v) is 10.3. The molecule has 4 rings (SSSR count). The molecule has 0 spiro atoms. The van der Waals surface area contributed by atoms with Crippen LogP contribution < -0.4 is 0 Å². The maximum atomic E-state index is 12.5. The third kappa shape index (κ3) is 3.05. The van der Waals surface area contributed by atoms with Crippen LogP contribution in [0.25, 0.3) is 11.3 Å². The van der Waals surface area contributed by atoms with Gasteiger partial charge in [0.25, 0.3) is 0 Å². The molecule has 1 aliphatic carbocycles. The van der Waals surface area contributed by atoms with Crippen molar-refractivity contribution in [2.75, 3.05) is 13.2 Å². The average Bonchev–Trinajstić information content (AvgIpc) is 3.08. The van der Waals surface area contributed by atoms with Crippen LogP contribution in [0.1, 0.15) is 54.7 Å². The van der Waals surface area contributed by atoms with E-state index in [1.807, 2.05) is 13.0 Å². The zero-order valence-corrected chi connectivity index (χ0v) is 15.8. The molecule has 1 fully saturated rings. The Labute approximate surface area is 157 Å². The van der Waals surface area contributed by atoms with Crippen LogP contribution in [-0.4, -0.2) is 34.1 Å². The number of hydrogen-bond donors (Lipinski definition) is 1. The molecule has 1 aromatic heterocycles. The van der Waals surface area contributed by atoms with Gasteiger partial charge in [-0.2, -0.15) is 5.10 Å². The van der Waals surface area contributed by atoms with Crippen molar-refractivity contribution in [3.8, 4) is 11.3 Å². The summed E-state index contributed by atoms with van der Waals surface area (Å²) in [4.78, 5) is 13.7. The topological polar surface area (TPSA) is 64.3 Å². The first-order valence-electron chi connectivity index (χ1n) is 9.34. The Morgan fingerprint density at radius 3 is 2.81 bits per heavy atom. The smallest absolute Gasteiger partial charge is 0.359 e. The molecule has 2 heterocycles. The summed E-state index contributed by atoms with van der Waals surface area (Å²) in [6.45, 7) is 2.44. The van der Waals surface area contributed by atoms with Crippen molar-refractivity contribution in [2.24, 2.45) is 5.92 Å². The number of aromatic nitrogens is 2. The van der Waals surface area contributed by atoms with Crippen molar-refractivity contribution in [1.82, 2.24) is 9.78 Å². The van der Waals surface area contributed by atoms with E-state index in [2.05, 4.69) is 22.9 Å². The zero-order valence-electron chi connectivity index (χ0n) is 15.0. The van der Waals surface area contributed by atoms with E-state index in [1.165, 1.54) is 4.90 Å². The lowest BCUT2D eigenvalue weighted by molar-refractivity contribution is 0.0516. The number of nitrogens with zero attached hydrogens (tertiary/aromatic N) is 2. The van der Waals surface area contributed by atoms with Crippen molar-refractivity contribution in [1.29, 1.82) is 0 Å².